The van der Waals surface area contributed by atoms with Crippen molar-refractivity contribution < 1.29 is 0 Å². The van der Waals surface area contributed by atoms with Crippen LogP contribution in [0, 0.1) is 0 Å². The third-order valence-electron chi connectivity index (χ3n) is 9.53. The number of rotatable bonds is 3. The summed E-state index contributed by atoms with van der Waals surface area (Å²) in [5, 5.41) is 2.65. The zero-order valence-corrected chi connectivity index (χ0v) is 32.7. The van der Waals surface area contributed by atoms with Gasteiger partial charge in [0, 0.05) is 0 Å². The Balaban J connectivity index is 0.000000156. The molecule has 0 radical (unpaired) electrons. The molecule has 264 valence electrons. The second kappa shape index (κ2) is 16.4. The maximum Gasteiger partial charge on any atom is -0.0132 e. The van der Waals surface area contributed by atoms with E-state index in [2.05, 4.69) is 238 Å². The first kappa shape index (κ1) is 38.0. The number of hydrogen-bond donors (Lipinski definition) is 0. The highest BCUT2D eigenvalue weighted by atomic mass is 14.2. The highest BCUT2D eigenvalue weighted by Gasteiger charge is 2.15. The summed E-state index contributed by atoms with van der Waals surface area (Å²) in [4.78, 5) is 0. The van der Waals surface area contributed by atoms with Crippen LogP contribution in [-0.4, -0.2) is 0 Å². The standard InChI is InChI=1S/C22H22.C16H18.C14H16/c1-22(2,3)21-15-13-20(14-16-21)19-11-9-18(10-12-19)17-7-5-4-6-8-17;1-16(2,3)15-11-7-10-14(12-15)13-8-5-4-6-9-13;1-14(2,3)13-9-8-11-6-4-5-7-12(11)10-13/h4-16H,1-3H3;4-12H,1-3H3;4-10H,1-3H3. The van der Waals surface area contributed by atoms with Gasteiger partial charge in [-0.1, -0.05) is 238 Å². The molecule has 0 heterocycles. The number of fused-ring (bicyclic) bond motifs is 1. The predicted octanol–water partition coefficient (Wildman–Crippen LogP) is 15.1. The fraction of sp³-hybridized carbons (Fsp3) is 0.231. The third kappa shape index (κ3) is 10.4. The van der Waals surface area contributed by atoms with E-state index >= 15 is 0 Å². The number of benzene rings is 7. The maximum absolute atomic E-state index is 2.29. The van der Waals surface area contributed by atoms with Crippen LogP contribution >= 0.6 is 0 Å². The Morgan fingerprint density at radius 3 is 1.06 bits per heavy atom. The molecule has 0 N–H and O–H groups in total. The zero-order valence-electron chi connectivity index (χ0n) is 32.7. The molecule has 0 aliphatic rings. The van der Waals surface area contributed by atoms with Gasteiger partial charge in [0.15, 0.2) is 0 Å². The molecule has 0 atom stereocenters. The van der Waals surface area contributed by atoms with Gasteiger partial charge in [0.05, 0.1) is 0 Å². The summed E-state index contributed by atoms with van der Waals surface area (Å²) < 4.78 is 0. The van der Waals surface area contributed by atoms with E-state index in [0.29, 0.717) is 0 Å². The molecule has 0 saturated heterocycles. The van der Waals surface area contributed by atoms with Crippen LogP contribution in [-0.2, 0) is 16.2 Å². The lowest BCUT2D eigenvalue weighted by Gasteiger charge is -2.19. The van der Waals surface area contributed by atoms with Gasteiger partial charge >= 0.3 is 0 Å². The van der Waals surface area contributed by atoms with E-state index in [9.17, 15) is 0 Å². The molecule has 7 aromatic rings. The fourth-order valence-corrected chi connectivity index (χ4v) is 6.10. The van der Waals surface area contributed by atoms with Crippen LogP contribution in [0.15, 0.2) is 176 Å². The lowest BCUT2D eigenvalue weighted by molar-refractivity contribution is 0.590. The Morgan fingerprint density at radius 2 is 0.577 bits per heavy atom. The lowest BCUT2D eigenvalue weighted by atomic mass is 9.85. The molecule has 0 heteroatoms. The van der Waals surface area contributed by atoms with E-state index in [-0.39, 0.29) is 16.2 Å². The van der Waals surface area contributed by atoms with Crippen molar-refractivity contribution in [3.8, 4) is 33.4 Å². The molecular weight excluding hydrogens is 625 g/mol. The second-order valence-electron chi connectivity index (χ2n) is 16.8. The molecule has 0 fully saturated rings. The Kier molecular flexibility index (Phi) is 12.0. The van der Waals surface area contributed by atoms with E-state index in [1.165, 1.54) is 60.8 Å². The first-order chi connectivity index (χ1) is 24.7. The van der Waals surface area contributed by atoms with Crippen molar-refractivity contribution >= 4 is 10.8 Å². The summed E-state index contributed by atoms with van der Waals surface area (Å²) in [6.07, 6.45) is 0. The van der Waals surface area contributed by atoms with Crippen LogP contribution in [0.25, 0.3) is 44.2 Å². The second-order valence-corrected chi connectivity index (χ2v) is 16.8. The molecule has 0 nitrogen and oxygen atoms in total. The SMILES string of the molecule is CC(C)(C)c1ccc(-c2ccc(-c3ccccc3)cc2)cc1.CC(C)(C)c1ccc2ccccc2c1.CC(C)(C)c1cccc(-c2ccccc2)c1. The number of hydrogen-bond acceptors (Lipinski definition) is 0. The molecule has 0 aliphatic heterocycles. The first-order valence-corrected chi connectivity index (χ1v) is 18.6. The monoisotopic (exact) mass is 680 g/mol. The minimum atomic E-state index is 0.204. The van der Waals surface area contributed by atoms with Gasteiger partial charge in [-0.2, -0.15) is 0 Å². The average Bonchev–Trinajstić information content (AvgIpc) is 3.15. The molecule has 7 rings (SSSR count). The molecule has 0 bridgehead atoms. The molecule has 0 saturated carbocycles. The summed E-state index contributed by atoms with van der Waals surface area (Å²) in [6.45, 7) is 20.2. The minimum Gasteiger partial charge on any atom is -0.0622 e. The Hall–Kier alpha value is -5.20. The van der Waals surface area contributed by atoms with Crippen LogP contribution < -0.4 is 0 Å². The first-order valence-electron chi connectivity index (χ1n) is 18.6. The maximum atomic E-state index is 2.29. The van der Waals surface area contributed by atoms with E-state index in [1.54, 1.807) is 0 Å². The van der Waals surface area contributed by atoms with E-state index in [1.807, 2.05) is 0 Å². The Bertz CT molecular complexity index is 2130. The molecule has 0 spiro atoms. The summed E-state index contributed by atoms with van der Waals surface area (Å²) in [5.41, 5.74) is 12.5. The minimum absolute atomic E-state index is 0.204. The predicted molar refractivity (Wildman–Crippen MR) is 229 cm³/mol. The van der Waals surface area contributed by atoms with Gasteiger partial charge in [-0.15, -0.1) is 0 Å². The van der Waals surface area contributed by atoms with Crippen molar-refractivity contribution in [2.45, 2.75) is 78.6 Å². The van der Waals surface area contributed by atoms with Gasteiger partial charge in [0.2, 0.25) is 0 Å². The quantitative estimate of drug-likeness (QED) is 0.174. The third-order valence-corrected chi connectivity index (χ3v) is 9.53. The Morgan fingerprint density at radius 1 is 0.231 bits per heavy atom. The van der Waals surface area contributed by atoms with E-state index in [4.69, 9.17) is 0 Å². The summed E-state index contributed by atoms with van der Waals surface area (Å²) in [7, 11) is 0. The van der Waals surface area contributed by atoms with Crippen molar-refractivity contribution in [2.24, 2.45) is 0 Å². The van der Waals surface area contributed by atoms with Crippen LogP contribution in [0.4, 0.5) is 0 Å². The van der Waals surface area contributed by atoms with E-state index < -0.39 is 0 Å². The molecule has 0 aromatic heterocycles. The highest BCUT2D eigenvalue weighted by Crippen LogP contribution is 2.30. The molecule has 0 unspecified atom stereocenters. The van der Waals surface area contributed by atoms with Crippen molar-refractivity contribution in [1.82, 2.24) is 0 Å². The summed E-state index contributed by atoms with van der Waals surface area (Å²) in [6, 6.07) is 62.8. The molecule has 0 amide bonds. The van der Waals surface area contributed by atoms with Crippen LogP contribution in [0.3, 0.4) is 0 Å². The van der Waals surface area contributed by atoms with Gasteiger partial charge in [-0.3, -0.25) is 0 Å². The van der Waals surface area contributed by atoms with Crippen molar-refractivity contribution in [1.29, 1.82) is 0 Å². The summed E-state index contributed by atoms with van der Waals surface area (Å²) in [5.74, 6) is 0. The van der Waals surface area contributed by atoms with Crippen LogP contribution in [0.5, 0.6) is 0 Å². The van der Waals surface area contributed by atoms with Crippen LogP contribution in [0.2, 0.25) is 0 Å². The van der Waals surface area contributed by atoms with Gasteiger partial charge in [-0.25, -0.2) is 0 Å². The fourth-order valence-electron chi connectivity index (χ4n) is 6.10. The van der Waals surface area contributed by atoms with Crippen LogP contribution in [0.1, 0.15) is 79.0 Å². The smallest absolute Gasteiger partial charge is 0.0132 e. The molecular formula is C52H56. The molecule has 52 heavy (non-hydrogen) atoms. The van der Waals surface area contributed by atoms with Crippen molar-refractivity contribution in [3.63, 3.8) is 0 Å². The lowest BCUT2D eigenvalue weighted by Crippen LogP contribution is -2.10. The van der Waals surface area contributed by atoms with Gasteiger partial charge < -0.3 is 0 Å². The largest absolute Gasteiger partial charge is 0.0622 e. The van der Waals surface area contributed by atoms with Gasteiger partial charge in [-0.05, 0) is 77.1 Å². The highest BCUT2D eigenvalue weighted by molar-refractivity contribution is 5.83. The van der Waals surface area contributed by atoms with Crippen molar-refractivity contribution in [2.75, 3.05) is 0 Å². The van der Waals surface area contributed by atoms with Gasteiger partial charge in [0.1, 0.15) is 0 Å². The summed E-state index contributed by atoms with van der Waals surface area (Å²) >= 11 is 0. The average molecular weight is 681 g/mol. The van der Waals surface area contributed by atoms with E-state index in [0.717, 1.165) is 0 Å². The topological polar surface area (TPSA) is 0 Å². The van der Waals surface area contributed by atoms with Crippen molar-refractivity contribution in [3.05, 3.63) is 193 Å². The molecule has 7 aromatic carbocycles. The normalized spacial score (nSPS) is 11.6. The van der Waals surface area contributed by atoms with Gasteiger partial charge in [0.25, 0.3) is 0 Å². The zero-order chi connectivity index (χ0) is 37.4. The Labute approximate surface area is 314 Å². The molecule has 0 aliphatic carbocycles.